The standard InChI is InChI=1S/C22H19N7O3S/c23-21(24)14-6-5-7-15(12-14)29-19(13-26-28-29)22(30)27-18-10-3-1-8-16(18)17-9-2-4-11-20(17)33(25,31)32/h1-13H,(H3,23,24)(H,27,30)(H2,25,31,32). The number of hydrogen-bond donors (Lipinski definition) is 4. The fraction of sp³-hybridized carbons (Fsp3) is 0. The van der Waals surface area contributed by atoms with Gasteiger partial charge in [-0.05, 0) is 24.3 Å². The summed E-state index contributed by atoms with van der Waals surface area (Å²) >= 11 is 0. The summed E-state index contributed by atoms with van der Waals surface area (Å²) in [7, 11) is -3.99. The summed E-state index contributed by atoms with van der Waals surface area (Å²) < 4.78 is 25.5. The van der Waals surface area contributed by atoms with Crippen LogP contribution in [0.25, 0.3) is 16.8 Å². The average Bonchev–Trinajstić information content (AvgIpc) is 3.29. The van der Waals surface area contributed by atoms with Crippen LogP contribution in [-0.2, 0) is 10.0 Å². The quantitative estimate of drug-likeness (QED) is 0.253. The van der Waals surface area contributed by atoms with E-state index in [1.54, 1.807) is 66.7 Å². The molecule has 1 heterocycles. The van der Waals surface area contributed by atoms with Crippen LogP contribution in [0.4, 0.5) is 5.69 Å². The Balaban J connectivity index is 1.72. The largest absolute Gasteiger partial charge is 0.384 e. The van der Waals surface area contributed by atoms with Crippen LogP contribution in [-0.4, -0.2) is 35.2 Å². The number of benzene rings is 3. The minimum atomic E-state index is -3.99. The lowest BCUT2D eigenvalue weighted by molar-refractivity contribution is 0.101. The van der Waals surface area contributed by atoms with E-state index in [0.717, 1.165) is 0 Å². The summed E-state index contributed by atoms with van der Waals surface area (Å²) in [5, 5.41) is 23.6. The van der Waals surface area contributed by atoms with Gasteiger partial charge in [-0.2, -0.15) is 0 Å². The van der Waals surface area contributed by atoms with Crippen LogP contribution in [0.15, 0.2) is 83.9 Å². The lowest BCUT2D eigenvalue weighted by Crippen LogP contribution is -2.18. The van der Waals surface area contributed by atoms with E-state index in [1.807, 2.05) is 0 Å². The smallest absolute Gasteiger partial charge is 0.276 e. The predicted molar refractivity (Wildman–Crippen MR) is 124 cm³/mol. The Bertz CT molecular complexity index is 1480. The highest BCUT2D eigenvalue weighted by molar-refractivity contribution is 7.89. The number of primary sulfonamides is 1. The first-order valence-electron chi connectivity index (χ1n) is 9.64. The summed E-state index contributed by atoms with van der Waals surface area (Å²) in [5.41, 5.74) is 7.87. The van der Waals surface area contributed by atoms with E-state index >= 15 is 0 Å². The third-order valence-corrected chi connectivity index (χ3v) is 5.81. The van der Waals surface area contributed by atoms with Crippen molar-refractivity contribution in [2.45, 2.75) is 4.90 Å². The maximum atomic E-state index is 13.1. The van der Waals surface area contributed by atoms with Gasteiger partial charge >= 0.3 is 0 Å². The number of nitrogen functional groups attached to an aromatic ring is 1. The molecule has 10 nitrogen and oxygen atoms in total. The van der Waals surface area contributed by atoms with Gasteiger partial charge in [0.05, 0.1) is 16.8 Å². The fourth-order valence-corrected chi connectivity index (χ4v) is 4.09. The van der Waals surface area contributed by atoms with Gasteiger partial charge in [-0.15, -0.1) is 5.10 Å². The molecule has 0 spiro atoms. The van der Waals surface area contributed by atoms with Crippen molar-refractivity contribution in [2.75, 3.05) is 5.32 Å². The molecular formula is C22H19N7O3S. The summed E-state index contributed by atoms with van der Waals surface area (Å²) in [4.78, 5) is 13.1. The second kappa shape index (κ2) is 8.65. The molecule has 0 fully saturated rings. The third-order valence-electron chi connectivity index (χ3n) is 4.84. The number of amidine groups is 1. The van der Waals surface area contributed by atoms with Crippen molar-refractivity contribution in [3.8, 4) is 16.8 Å². The second-order valence-corrected chi connectivity index (χ2v) is 8.57. The molecule has 0 radical (unpaired) electrons. The molecule has 1 amide bonds. The van der Waals surface area contributed by atoms with Crippen LogP contribution >= 0.6 is 0 Å². The van der Waals surface area contributed by atoms with E-state index in [4.69, 9.17) is 16.3 Å². The molecule has 0 aliphatic rings. The van der Waals surface area contributed by atoms with Gasteiger partial charge in [-0.25, -0.2) is 18.2 Å². The summed E-state index contributed by atoms with van der Waals surface area (Å²) in [5.74, 6) is -0.640. The van der Waals surface area contributed by atoms with Gasteiger partial charge in [0.15, 0.2) is 5.69 Å². The van der Waals surface area contributed by atoms with Gasteiger partial charge in [0.25, 0.3) is 5.91 Å². The SMILES string of the molecule is N=C(N)c1cccc(-n2nncc2C(=O)Nc2ccccc2-c2ccccc2S(N)(=O)=O)c1. The summed E-state index contributed by atoms with van der Waals surface area (Å²) in [6, 6.07) is 19.7. The van der Waals surface area contributed by atoms with E-state index in [1.165, 1.54) is 16.9 Å². The first-order chi connectivity index (χ1) is 15.8. The summed E-state index contributed by atoms with van der Waals surface area (Å²) in [6.07, 6.45) is 1.30. The van der Waals surface area contributed by atoms with Crippen LogP contribution in [0.1, 0.15) is 16.1 Å². The lowest BCUT2D eigenvalue weighted by Gasteiger charge is -2.14. The fourth-order valence-electron chi connectivity index (χ4n) is 3.34. The maximum Gasteiger partial charge on any atom is 0.276 e. The van der Waals surface area contributed by atoms with Crippen LogP contribution < -0.4 is 16.2 Å². The molecule has 0 aliphatic heterocycles. The number of aromatic nitrogens is 3. The average molecular weight is 462 g/mol. The number of amides is 1. The third kappa shape index (κ3) is 4.49. The molecule has 1 aromatic heterocycles. The van der Waals surface area contributed by atoms with E-state index in [0.29, 0.717) is 28.1 Å². The maximum absolute atomic E-state index is 13.1. The molecule has 0 saturated heterocycles. The van der Waals surface area contributed by atoms with Gasteiger partial charge in [0.1, 0.15) is 5.84 Å². The van der Waals surface area contributed by atoms with Crippen molar-refractivity contribution in [2.24, 2.45) is 10.9 Å². The van der Waals surface area contributed by atoms with E-state index < -0.39 is 15.9 Å². The van der Waals surface area contributed by atoms with E-state index in [9.17, 15) is 13.2 Å². The van der Waals surface area contributed by atoms with E-state index in [2.05, 4.69) is 15.6 Å². The zero-order valence-corrected chi connectivity index (χ0v) is 18.0. The minimum absolute atomic E-state index is 0.0561. The van der Waals surface area contributed by atoms with Crippen LogP contribution in [0.5, 0.6) is 0 Å². The number of rotatable bonds is 6. The molecule has 0 bridgehead atoms. The Hall–Kier alpha value is -4.35. The highest BCUT2D eigenvalue weighted by atomic mass is 32.2. The number of nitrogens with two attached hydrogens (primary N) is 2. The van der Waals surface area contributed by atoms with Crippen LogP contribution in [0.2, 0.25) is 0 Å². The van der Waals surface area contributed by atoms with Crippen LogP contribution in [0, 0.1) is 5.41 Å². The molecule has 166 valence electrons. The van der Waals surface area contributed by atoms with Crippen molar-refractivity contribution < 1.29 is 13.2 Å². The molecule has 11 heteroatoms. The van der Waals surface area contributed by atoms with Crippen molar-refractivity contribution in [1.82, 2.24) is 15.0 Å². The Morgan fingerprint density at radius 3 is 2.39 bits per heavy atom. The number of nitrogens with zero attached hydrogens (tertiary/aromatic N) is 3. The second-order valence-electron chi connectivity index (χ2n) is 7.04. The molecule has 6 N–H and O–H groups in total. The number of carbonyl (C=O) groups excluding carboxylic acids is 1. The van der Waals surface area contributed by atoms with Gasteiger partial charge in [0, 0.05) is 22.4 Å². The highest BCUT2D eigenvalue weighted by Gasteiger charge is 2.20. The van der Waals surface area contributed by atoms with Gasteiger partial charge in [0.2, 0.25) is 10.0 Å². The number of sulfonamides is 1. The molecule has 33 heavy (non-hydrogen) atoms. The minimum Gasteiger partial charge on any atom is -0.384 e. The van der Waals surface area contributed by atoms with Crippen molar-refractivity contribution in [3.05, 3.63) is 90.3 Å². The number of nitrogens with one attached hydrogen (secondary N) is 2. The molecule has 3 aromatic carbocycles. The molecule has 4 rings (SSSR count). The van der Waals surface area contributed by atoms with Gasteiger partial charge < -0.3 is 11.1 Å². The monoisotopic (exact) mass is 461 g/mol. The van der Waals surface area contributed by atoms with Gasteiger partial charge in [-0.3, -0.25) is 10.2 Å². The molecule has 0 unspecified atom stereocenters. The lowest BCUT2D eigenvalue weighted by atomic mass is 10.0. The van der Waals surface area contributed by atoms with Crippen molar-refractivity contribution >= 4 is 27.5 Å². The normalized spacial score (nSPS) is 11.2. The zero-order chi connectivity index (χ0) is 23.6. The molecule has 4 aromatic rings. The predicted octanol–water partition coefficient (Wildman–Crippen LogP) is 2.12. The van der Waals surface area contributed by atoms with Crippen molar-refractivity contribution in [1.29, 1.82) is 5.41 Å². The highest BCUT2D eigenvalue weighted by Crippen LogP contribution is 2.32. The summed E-state index contributed by atoms with van der Waals surface area (Å²) in [6.45, 7) is 0. The van der Waals surface area contributed by atoms with E-state index in [-0.39, 0.29) is 16.4 Å². The van der Waals surface area contributed by atoms with Gasteiger partial charge in [-0.1, -0.05) is 53.7 Å². The molecule has 0 saturated carbocycles. The molecular weight excluding hydrogens is 442 g/mol. The number of carbonyl (C=O) groups is 1. The zero-order valence-electron chi connectivity index (χ0n) is 17.1. The number of anilines is 1. The Labute approximate surface area is 189 Å². The Morgan fingerprint density at radius 2 is 1.67 bits per heavy atom. The molecule has 0 aliphatic carbocycles. The van der Waals surface area contributed by atoms with Crippen LogP contribution in [0.3, 0.4) is 0 Å². The number of hydrogen-bond acceptors (Lipinski definition) is 6. The first-order valence-corrected chi connectivity index (χ1v) is 11.2. The van der Waals surface area contributed by atoms with Crippen molar-refractivity contribution in [3.63, 3.8) is 0 Å². The number of para-hydroxylation sites is 1. The molecule has 0 atom stereocenters. The first kappa shape index (κ1) is 21.9. The topological polar surface area (TPSA) is 170 Å². The Kier molecular flexibility index (Phi) is 5.73. The Morgan fingerprint density at radius 1 is 0.970 bits per heavy atom.